The van der Waals surface area contributed by atoms with Crippen molar-refractivity contribution in [3.05, 3.63) is 106 Å². The third-order valence-electron chi connectivity index (χ3n) is 4.32. The van der Waals surface area contributed by atoms with Gasteiger partial charge in [0.25, 0.3) is 0 Å². The molecule has 0 aliphatic carbocycles. The van der Waals surface area contributed by atoms with Gasteiger partial charge >= 0.3 is 0 Å². The Balaban J connectivity index is 1.67. The number of hydrogen-bond acceptors (Lipinski definition) is 4. The summed E-state index contributed by atoms with van der Waals surface area (Å²) >= 11 is 1.52. The highest BCUT2D eigenvalue weighted by Crippen LogP contribution is 2.20. The molecule has 0 fully saturated rings. The number of nitrogens with zero attached hydrogens (tertiary/aromatic N) is 4. The van der Waals surface area contributed by atoms with E-state index in [1.54, 1.807) is 35.4 Å². The first kappa shape index (κ1) is 19.0. The number of hydrogen-bond donors (Lipinski definition) is 0. The molecule has 4 aromatic rings. The fourth-order valence-corrected chi connectivity index (χ4v) is 3.70. The minimum Gasteiger partial charge on any atom is -0.264 e. The summed E-state index contributed by atoms with van der Waals surface area (Å²) in [5.74, 6) is -0.262. The number of thiazole rings is 1. The summed E-state index contributed by atoms with van der Waals surface area (Å²) in [7, 11) is 0. The molecular weight excluding hydrogens is 383 g/mol. The van der Waals surface area contributed by atoms with Crippen LogP contribution in [0.25, 0.3) is 11.3 Å². The minimum absolute atomic E-state index is 0.262. The molecule has 0 bridgehead atoms. The van der Waals surface area contributed by atoms with Gasteiger partial charge in [-0.15, -0.1) is 11.3 Å². The number of pyridine rings is 1. The Morgan fingerprint density at radius 3 is 2.59 bits per heavy atom. The van der Waals surface area contributed by atoms with E-state index in [4.69, 9.17) is 4.99 Å². The van der Waals surface area contributed by atoms with Gasteiger partial charge in [0.15, 0.2) is 0 Å². The van der Waals surface area contributed by atoms with Gasteiger partial charge in [-0.2, -0.15) is 5.10 Å². The van der Waals surface area contributed by atoms with Crippen LogP contribution < -0.4 is 4.80 Å². The maximum atomic E-state index is 13.3. The molecule has 144 valence electrons. The van der Waals surface area contributed by atoms with Gasteiger partial charge in [0, 0.05) is 35.4 Å². The van der Waals surface area contributed by atoms with Gasteiger partial charge in [-0.25, -0.2) is 9.07 Å². The summed E-state index contributed by atoms with van der Waals surface area (Å²) in [6, 6.07) is 20.5. The van der Waals surface area contributed by atoms with E-state index in [9.17, 15) is 4.39 Å². The molecule has 29 heavy (non-hydrogen) atoms. The summed E-state index contributed by atoms with van der Waals surface area (Å²) in [5.41, 5.74) is 3.90. The molecule has 0 amide bonds. The molecule has 0 saturated heterocycles. The quantitative estimate of drug-likeness (QED) is 0.428. The van der Waals surface area contributed by atoms with Crippen molar-refractivity contribution < 1.29 is 4.39 Å². The lowest BCUT2D eigenvalue weighted by atomic mass is 10.2. The zero-order chi connectivity index (χ0) is 19.9. The van der Waals surface area contributed by atoms with Crippen molar-refractivity contribution in [1.82, 2.24) is 9.66 Å². The molecule has 0 saturated carbocycles. The average molecular weight is 402 g/mol. The third kappa shape index (κ3) is 4.92. The molecule has 0 atom stereocenters. The molecule has 2 aromatic heterocycles. The number of rotatable bonds is 6. The maximum Gasteiger partial charge on any atom is 0.206 e. The Bertz CT molecular complexity index is 1150. The van der Waals surface area contributed by atoms with Gasteiger partial charge in [-0.05, 0) is 42.3 Å². The first-order valence-electron chi connectivity index (χ1n) is 9.25. The van der Waals surface area contributed by atoms with Crippen LogP contribution in [-0.4, -0.2) is 22.4 Å². The van der Waals surface area contributed by atoms with Crippen molar-refractivity contribution in [3.63, 3.8) is 0 Å². The highest BCUT2D eigenvalue weighted by Gasteiger charge is 2.07. The van der Waals surface area contributed by atoms with Gasteiger partial charge in [0.1, 0.15) is 5.82 Å². The SMILES string of the molecule is Fc1ccc(-c2csc(=NCCc3ccccc3)n2N=Cc2cccnc2)cc1. The van der Waals surface area contributed by atoms with E-state index in [0.29, 0.717) is 6.54 Å². The van der Waals surface area contributed by atoms with Gasteiger partial charge in [0.2, 0.25) is 4.80 Å². The summed E-state index contributed by atoms with van der Waals surface area (Å²) in [4.78, 5) is 9.67. The van der Waals surface area contributed by atoms with Gasteiger partial charge in [-0.3, -0.25) is 9.98 Å². The van der Waals surface area contributed by atoms with Gasteiger partial charge in [0.05, 0.1) is 11.9 Å². The minimum atomic E-state index is -0.262. The number of aromatic nitrogens is 2. The van der Waals surface area contributed by atoms with E-state index in [1.807, 2.05) is 35.7 Å². The highest BCUT2D eigenvalue weighted by molar-refractivity contribution is 7.07. The Morgan fingerprint density at radius 2 is 1.83 bits per heavy atom. The van der Waals surface area contributed by atoms with Crippen LogP contribution >= 0.6 is 11.3 Å². The summed E-state index contributed by atoms with van der Waals surface area (Å²) in [6.45, 7) is 0.662. The molecule has 4 rings (SSSR count). The highest BCUT2D eigenvalue weighted by atomic mass is 32.1. The lowest BCUT2D eigenvalue weighted by Gasteiger charge is -2.04. The molecule has 0 N–H and O–H groups in total. The number of benzene rings is 2. The van der Waals surface area contributed by atoms with Crippen LogP contribution in [0.3, 0.4) is 0 Å². The second kappa shape index (κ2) is 9.21. The lowest BCUT2D eigenvalue weighted by Crippen LogP contribution is -2.13. The molecular formula is C23H19FN4S. The van der Waals surface area contributed by atoms with E-state index < -0.39 is 0 Å². The topological polar surface area (TPSA) is 42.5 Å². The predicted molar refractivity (Wildman–Crippen MR) is 116 cm³/mol. The zero-order valence-electron chi connectivity index (χ0n) is 15.6. The van der Waals surface area contributed by atoms with Crippen LogP contribution in [0.5, 0.6) is 0 Å². The third-order valence-corrected chi connectivity index (χ3v) is 5.18. The zero-order valence-corrected chi connectivity index (χ0v) is 16.5. The van der Waals surface area contributed by atoms with Gasteiger partial charge in [-0.1, -0.05) is 36.4 Å². The number of halogens is 1. The molecule has 2 aromatic carbocycles. The Hall–Kier alpha value is -3.38. The Labute approximate surface area is 172 Å². The summed E-state index contributed by atoms with van der Waals surface area (Å²) in [5, 5.41) is 6.63. The molecule has 0 aliphatic heterocycles. The molecule has 6 heteroatoms. The molecule has 0 spiro atoms. The van der Waals surface area contributed by atoms with Crippen LogP contribution in [-0.2, 0) is 6.42 Å². The van der Waals surface area contributed by atoms with Crippen molar-refractivity contribution in [3.8, 4) is 11.3 Å². The summed E-state index contributed by atoms with van der Waals surface area (Å²) in [6.07, 6.45) is 6.09. The van der Waals surface area contributed by atoms with Gasteiger partial charge < -0.3 is 0 Å². The van der Waals surface area contributed by atoms with Crippen LogP contribution in [0.15, 0.2) is 94.6 Å². The molecule has 4 nitrogen and oxygen atoms in total. The normalized spacial score (nSPS) is 12.0. The van der Waals surface area contributed by atoms with E-state index in [1.165, 1.54) is 29.0 Å². The standard InChI is InChI=1S/C23H19FN4S/c24-21-10-8-20(9-11-21)22-17-29-23(26-14-12-18-5-2-1-3-6-18)28(22)27-16-19-7-4-13-25-15-19/h1-11,13,15-17H,12,14H2. The van der Waals surface area contributed by atoms with E-state index in [2.05, 4.69) is 22.2 Å². The first-order valence-corrected chi connectivity index (χ1v) is 10.1. The Kier molecular flexibility index (Phi) is 6.02. The van der Waals surface area contributed by atoms with Crippen molar-refractivity contribution in [2.45, 2.75) is 6.42 Å². The summed E-state index contributed by atoms with van der Waals surface area (Å²) < 4.78 is 15.1. The largest absolute Gasteiger partial charge is 0.264 e. The van der Waals surface area contributed by atoms with E-state index in [0.717, 1.165) is 28.0 Å². The molecule has 0 radical (unpaired) electrons. The van der Waals surface area contributed by atoms with Crippen molar-refractivity contribution in [2.24, 2.45) is 10.1 Å². The fraction of sp³-hybridized carbons (Fsp3) is 0.0870. The van der Waals surface area contributed by atoms with E-state index in [-0.39, 0.29) is 5.82 Å². The Morgan fingerprint density at radius 1 is 1.00 bits per heavy atom. The predicted octanol–water partition coefficient (Wildman–Crippen LogP) is 4.78. The van der Waals surface area contributed by atoms with Crippen molar-refractivity contribution >= 4 is 17.6 Å². The lowest BCUT2D eigenvalue weighted by molar-refractivity contribution is 0.628. The van der Waals surface area contributed by atoms with Crippen molar-refractivity contribution in [1.29, 1.82) is 0 Å². The molecule has 2 heterocycles. The fourth-order valence-electron chi connectivity index (χ4n) is 2.84. The maximum absolute atomic E-state index is 13.3. The smallest absolute Gasteiger partial charge is 0.206 e. The average Bonchev–Trinajstić information content (AvgIpc) is 3.17. The van der Waals surface area contributed by atoms with Crippen LogP contribution in [0, 0.1) is 5.82 Å². The van der Waals surface area contributed by atoms with Crippen LogP contribution in [0.4, 0.5) is 4.39 Å². The van der Waals surface area contributed by atoms with Crippen molar-refractivity contribution in [2.75, 3.05) is 6.54 Å². The molecule has 0 unspecified atom stereocenters. The first-order chi connectivity index (χ1) is 14.3. The monoisotopic (exact) mass is 402 g/mol. The second-order valence-electron chi connectivity index (χ2n) is 6.37. The van der Waals surface area contributed by atoms with Crippen LogP contribution in [0.1, 0.15) is 11.1 Å². The van der Waals surface area contributed by atoms with Crippen LogP contribution in [0.2, 0.25) is 0 Å². The second-order valence-corrected chi connectivity index (χ2v) is 7.21. The van der Waals surface area contributed by atoms with E-state index >= 15 is 0 Å². The molecule has 0 aliphatic rings.